The molecule has 3 aromatic carbocycles. The summed E-state index contributed by atoms with van der Waals surface area (Å²) in [5, 5.41) is 0. The number of carbonyl (C=O) groups excluding carboxylic acids is 1. The van der Waals surface area contributed by atoms with Gasteiger partial charge in [0, 0.05) is 0 Å². The maximum absolute atomic E-state index is 13.0. The molecule has 1 saturated heterocycles. The van der Waals surface area contributed by atoms with Crippen LogP contribution in [0.5, 0.6) is 5.75 Å². The van der Waals surface area contributed by atoms with Crippen molar-refractivity contribution in [1.29, 1.82) is 0 Å². The highest BCUT2D eigenvalue weighted by molar-refractivity contribution is 14.1. The first-order valence-corrected chi connectivity index (χ1v) is 12.5. The van der Waals surface area contributed by atoms with Crippen molar-refractivity contribution in [3.63, 3.8) is 0 Å². The summed E-state index contributed by atoms with van der Waals surface area (Å²) in [7, 11) is 0. The van der Waals surface area contributed by atoms with Crippen molar-refractivity contribution in [2.75, 3.05) is 4.90 Å². The minimum atomic E-state index is -0.105. The number of para-hydroxylation sites is 1. The van der Waals surface area contributed by atoms with Crippen LogP contribution in [-0.4, -0.2) is 10.2 Å². The Morgan fingerprint density at radius 1 is 1.13 bits per heavy atom. The molecule has 0 atom stereocenters. The molecule has 0 unspecified atom stereocenters. The van der Waals surface area contributed by atoms with Gasteiger partial charge in [0.1, 0.15) is 12.4 Å². The maximum Gasteiger partial charge on any atom is 0.270 e. The zero-order chi connectivity index (χ0) is 22.0. The number of halogens is 2. The summed E-state index contributed by atoms with van der Waals surface area (Å²) >= 11 is 12.7. The molecule has 156 valence electrons. The van der Waals surface area contributed by atoms with E-state index in [0.717, 1.165) is 30.6 Å². The number of amides is 1. The van der Waals surface area contributed by atoms with E-state index in [4.69, 9.17) is 17.0 Å². The third-order valence-electron chi connectivity index (χ3n) is 4.59. The highest BCUT2D eigenvalue weighted by atomic mass is 127. The van der Waals surface area contributed by atoms with Crippen molar-refractivity contribution in [2.45, 2.75) is 13.5 Å². The molecule has 0 N–H and O–H groups in total. The molecule has 4 rings (SSSR count). The predicted molar refractivity (Wildman–Crippen MR) is 144 cm³/mol. The number of carbonyl (C=O) groups is 1. The largest absolute Gasteiger partial charge is 0.487 e. The van der Waals surface area contributed by atoms with E-state index in [1.165, 1.54) is 17.3 Å². The van der Waals surface area contributed by atoms with Gasteiger partial charge >= 0.3 is 0 Å². The minimum Gasteiger partial charge on any atom is -0.487 e. The number of thiocarbonyl (C=S) groups is 1. The molecule has 1 aliphatic heterocycles. The predicted octanol–water partition coefficient (Wildman–Crippen LogP) is 7.35. The van der Waals surface area contributed by atoms with Gasteiger partial charge in [-0.15, -0.1) is 0 Å². The molecular weight excluding hydrogens is 605 g/mol. The van der Waals surface area contributed by atoms with Gasteiger partial charge in [-0.2, -0.15) is 0 Å². The quantitative estimate of drug-likeness (QED) is 0.169. The number of benzene rings is 3. The summed E-state index contributed by atoms with van der Waals surface area (Å²) in [6.45, 7) is 2.56. The van der Waals surface area contributed by atoms with Crippen molar-refractivity contribution in [3.05, 3.63) is 96.4 Å². The number of thioether (sulfide) groups is 1. The van der Waals surface area contributed by atoms with Crippen LogP contribution in [0.25, 0.3) is 6.08 Å². The van der Waals surface area contributed by atoms with Crippen LogP contribution in [0.1, 0.15) is 16.7 Å². The molecular formula is C24H17BrINO2S2. The monoisotopic (exact) mass is 621 g/mol. The van der Waals surface area contributed by atoms with E-state index < -0.39 is 0 Å². The van der Waals surface area contributed by atoms with Gasteiger partial charge in [0.25, 0.3) is 5.91 Å². The van der Waals surface area contributed by atoms with Crippen LogP contribution in [0.3, 0.4) is 0 Å². The average Bonchev–Trinajstić information content (AvgIpc) is 3.01. The lowest BCUT2D eigenvalue weighted by Gasteiger charge is -2.14. The van der Waals surface area contributed by atoms with E-state index in [1.54, 1.807) is 4.90 Å². The highest BCUT2D eigenvalue weighted by Gasteiger charge is 2.33. The number of hydrogen-bond acceptors (Lipinski definition) is 4. The van der Waals surface area contributed by atoms with Crippen molar-refractivity contribution in [1.82, 2.24) is 0 Å². The third-order valence-corrected chi connectivity index (χ3v) is 7.28. The second-order valence-electron chi connectivity index (χ2n) is 6.94. The molecule has 0 radical (unpaired) electrons. The van der Waals surface area contributed by atoms with E-state index in [1.807, 2.05) is 54.6 Å². The van der Waals surface area contributed by atoms with Gasteiger partial charge in [-0.05, 0) is 86.9 Å². The normalized spacial score (nSPS) is 15.1. The first kappa shape index (κ1) is 22.5. The second kappa shape index (κ2) is 9.85. The highest BCUT2D eigenvalue weighted by Crippen LogP contribution is 2.38. The van der Waals surface area contributed by atoms with E-state index in [2.05, 4.69) is 63.6 Å². The Morgan fingerprint density at radius 3 is 2.61 bits per heavy atom. The summed E-state index contributed by atoms with van der Waals surface area (Å²) in [5.41, 5.74) is 4.02. The van der Waals surface area contributed by atoms with Gasteiger partial charge in [-0.1, -0.05) is 72.0 Å². The first-order valence-electron chi connectivity index (χ1n) is 9.43. The zero-order valence-corrected chi connectivity index (χ0v) is 21.8. The molecule has 1 aliphatic rings. The molecule has 7 heteroatoms. The molecule has 31 heavy (non-hydrogen) atoms. The van der Waals surface area contributed by atoms with Crippen LogP contribution in [0.2, 0.25) is 0 Å². The Labute approximate surface area is 213 Å². The van der Waals surface area contributed by atoms with E-state index in [-0.39, 0.29) is 5.91 Å². The van der Waals surface area contributed by atoms with Crippen molar-refractivity contribution >= 4 is 84.5 Å². The lowest BCUT2D eigenvalue weighted by molar-refractivity contribution is -0.113. The molecule has 1 heterocycles. The Hall–Kier alpha value is -1.68. The fourth-order valence-corrected chi connectivity index (χ4v) is 6.24. The topological polar surface area (TPSA) is 29.5 Å². The number of rotatable bonds is 5. The summed E-state index contributed by atoms with van der Waals surface area (Å²) in [4.78, 5) is 15.1. The molecule has 3 aromatic rings. The molecule has 3 nitrogen and oxygen atoms in total. The Kier molecular flexibility index (Phi) is 7.15. The second-order valence-corrected chi connectivity index (χ2v) is 10.6. The fourth-order valence-electron chi connectivity index (χ4n) is 3.18. The van der Waals surface area contributed by atoms with Gasteiger partial charge in [0.15, 0.2) is 4.32 Å². The smallest absolute Gasteiger partial charge is 0.270 e. The van der Waals surface area contributed by atoms with E-state index >= 15 is 0 Å². The van der Waals surface area contributed by atoms with Crippen LogP contribution >= 0.6 is 62.5 Å². The van der Waals surface area contributed by atoms with Gasteiger partial charge in [0.05, 0.1) is 18.6 Å². The maximum atomic E-state index is 13.0. The molecule has 0 saturated carbocycles. The fraction of sp³-hybridized carbons (Fsp3) is 0.0833. The number of nitrogens with zero attached hydrogens (tertiary/aromatic N) is 1. The van der Waals surface area contributed by atoms with Crippen molar-refractivity contribution in [3.8, 4) is 5.75 Å². The van der Waals surface area contributed by atoms with Crippen molar-refractivity contribution < 1.29 is 9.53 Å². The number of aryl methyl sites for hydroxylation is 1. The van der Waals surface area contributed by atoms with Crippen LogP contribution in [0.4, 0.5) is 5.69 Å². The van der Waals surface area contributed by atoms with Crippen molar-refractivity contribution in [2.24, 2.45) is 0 Å². The van der Waals surface area contributed by atoms with Gasteiger partial charge in [-0.3, -0.25) is 9.69 Å². The van der Waals surface area contributed by atoms with Crippen LogP contribution < -0.4 is 9.64 Å². The Morgan fingerprint density at radius 2 is 1.90 bits per heavy atom. The van der Waals surface area contributed by atoms with Crippen LogP contribution in [0, 0.1) is 10.5 Å². The molecule has 0 bridgehead atoms. The Bertz CT molecular complexity index is 1170. The lowest BCUT2D eigenvalue weighted by Crippen LogP contribution is -2.27. The summed E-state index contributed by atoms with van der Waals surface area (Å²) in [6, 6.07) is 21.7. The molecule has 1 fully saturated rings. The number of anilines is 1. The lowest BCUT2D eigenvalue weighted by atomic mass is 10.1. The zero-order valence-electron chi connectivity index (χ0n) is 16.5. The Balaban J connectivity index is 1.55. The standard InChI is InChI=1S/C24H17BrINO2S2/c1-15-6-5-7-16(10-15)14-29-22-19(25)11-17(12-20(22)26)13-21-23(28)27(24(30)31-21)18-8-3-2-4-9-18/h2-13H,14H2,1H3/b21-13+. The summed E-state index contributed by atoms with van der Waals surface area (Å²) in [5.74, 6) is 0.684. The molecule has 0 aliphatic carbocycles. The minimum absolute atomic E-state index is 0.105. The third kappa shape index (κ3) is 5.22. The molecule has 1 amide bonds. The summed E-state index contributed by atoms with van der Waals surface area (Å²) < 4.78 is 8.41. The van der Waals surface area contributed by atoms with Gasteiger partial charge in [-0.25, -0.2) is 0 Å². The molecule has 0 spiro atoms. The van der Waals surface area contributed by atoms with E-state index in [9.17, 15) is 4.79 Å². The van der Waals surface area contributed by atoms with Gasteiger partial charge < -0.3 is 4.74 Å². The van der Waals surface area contributed by atoms with Crippen LogP contribution in [-0.2, 0) is 11.4 Å². The number of ether oxygens (including phenoxy) is 1. The van der Waals surface area contributed by atoms with Crippen LogP contribution in [0.15, 0.2) is 76.1 Å². The average molecular weight is 622 g/mol. The molecule has 0 aromatic heterocycles. The first-order chi connectivity index (χ1) is 14.9. The SMILES string of the molecule is Cc1cccc(COc2c(Br)cc(/C=C3/SC(=S)N(c4ccccc4)C3=O)cc2I)c1. The van der Waals surface area contributed by atoms with Gasteiger partial charge in [0.2, 0.25) is 0 Å². The number of hydrogen-bond donors (Lipinski definition) is 0. The van der Waals surface area contributed by atoms with E-state index in [0.29, 0.717) is 15.8 Å². The summed E-state index contributed by atoms with van der Waals surface area (Å²) in [6.07, 6.45) is 1.87.